The van der Waals surface area contributed by atoms with Gasteiger partial charge in [0.2, 0.25) is 0 Å². The second-order valence-electron chi connectivity index (χ2n) is 8.97. The van der Waals surface area contributed by atoms with Crippen molar-refractivity contribution in [3.63, 3.8) is 0 Å². The SMILES string of the molecule is CCOC(=O)Cc1cc(OCc2ccccc2)cc(OCc2ccccc2)c1C(=O)CCC/C=C\C(C)O. The smallest absolute Gasteiger partial charge is 0.310 e. The molecule has 3 aromatic carbocycles. The molecule has 6 nitrogen and oxygen atoms in total. The Hall–Kier alpha value is -3.90. The summed E-state index contributed by atoms with van der Waals surface area (Å²) in [6.07, 6.45) is 4.50. The van der Waals surface area contributed by atoms with E-state index in [-0.39, 0.29) is 31.8 Å². The second kappa shape index (κ2) is 15.4. The number of Topliss-reactive ketones (excluding diaryl/α,β-unsaturated/α-hetero) is 1. The van der Waals surface area contributed by atoms with Crippen molar-refractivity contribution in [3.05, 3.63) is 107 Å². The Labute approximate surface area is 224 Å². The fourth-order valence-corrected chi connectivity index (χ4v) is 3.94. The van der Waals surface area contributed by atoms with Gasteiger partial charge in [0.15, 0.2) is 5.78 Å². The van der Waals surface area contributed by atoms with Crippen LogP contribution in [0, 0.1) is 0 Å². The molecule has 0 saturated heterocycles. The molecule has 0 radical (unpaired) electrons. The number of hydrogen-bond donors (Lipinski definition) is 1. The normalized spacial score (nSPS) is 11.8. The molecule has 0 amide bonds. The number of aliphatic hydroxyl groups is 1. The molecule has 1 N–H and O–H groups in total. The summed E-state index contributed by atoms with van der Waals surface area (Å²) in [6, 6.07) is 22.9. The van der Waals surface area contributed by atoms with Crippen LogP contribution in [-0.2, 0) is 29.2 Å². The van der Waals surface area contributed by atoms with Gasteiger partial charge in [-0.2, -0.15) is 0 Å². The summed E-state index contributed by atoms with van der Waals surface area (Å²) in [5.74, 6) is 0.346. The summed E-state index contributed by atoms with van der Waals surface area (Å²) in [7, 11) is 0. The summed E-state index contributed by atoms with van der Waals surface area (Å²) in [5.41, 5.74) is 2.84. The highest BCUT2D eigenvalue weighted by molar-refractivity contribution is 6.01. The van der Waals surface area contributed by atoms with E-state index in [4.69, 9.17) is 14.2 Å². The van der Waals surface area contributed by atoms with Crippen molar-refractivity contribution in [2.24, 2.45) is 0 Å². The zero-order valence-corrected chi connectivity index (χ0v) is 22.1. The highest BCUT2D eigenvalue weighted by Gasteiger charge is 2.22. The molecule has 1 unspecified atom stereocenters. The number of carbonyl (C=O) groups is 2. The third kappa shape index (κ3) is 9.52. The first-order valence-corrected chi connectivity index (χ1v) is 13.0. The minimum atomic E-state index is -0.525. The van der Waals surface area contributed by atoms with Gasteiger partial charge in [0.25, 0.3) is 0 Å². The van der Waals surface area contributed by atoms with Gasteiger partial charge in [-0.1, -0.05) is 72.8 Å². The first-order valence-electron chi connectivity index (χ1n) is 13.0. The van der Waals surface area contributed by atoms with Gasteiger partial charge in [-0.15, -0.1) is 0 Å². The lowest BCUT2D eigenvalue weighted by Crippen LogP contribution is -2.14. The molecule has 0 aliphatic rings. The molecule has 200 valence electrons. The summed E-state index contributed by atoms with van der Waals surface area (Å²) in [5, 5.41) is 9.41. The number of ketones is 1. The molecule has 6 heteroatoms. The third-order valence-corrected chi connectivity index (χ3v) is 5.75. The molecule has 0 bridgehead atoms. The van der Waals surface area contributed by atoms with E-state index in [1.54, 1.807) is 32.1 Å². The van der Waals surface area contributed by atoms with Crippen molar-refractivity contribution >= 4 is 11.8 Å². The van der Waals surface area contributed by atoms with E-state index in [0.29, 0.717) is 42.1 Å². The minimum absolute atomic E-state index is 0.0684. The lowest BCUT2D eigenvalue weighted by Gasteiger charge is -2.18. The molecule has 0 fully saturated rings. The Morgan fingerprint density at radius 1 is 0.921 bits per heavy atom. The van der Waals surface area contributed by atoms with Gasteiger partial charge >= 0.3 is 5.97 Å². The molecule has 0 aromatic heterocycles. The van der Waals surface area contributed by atoms with Crippen LogP contribution in [0.15, 0.2) is 84.9 Å². The molecular weight excluding hydrogens is 480 g/mol. The Morgan fingerprint density at radius 3 is 2.16 bits per heavy atom. The van der Waals surface area contributed by atoms with Crippen LogP contribution in [0.1, 0.15) is 60.2 Å². The quantitative estimate of drug-likeness (QED) is 0.111. The summed E-state index contributed by atoms with van der Waals surface area (Å²) < 4.78 is 17.4. The highest BCUT2D eigenvalue weighted by Crippen LogP contribution is 2.32. The van der Waals surface area contributed by atoms with Crippen LogP contribution in [0.5, 0.6) is 11.5 Å². The molecule has 0 aliphatic carbocycles. The lowest BCUT2D eigenvalue weighted by molar-refractivity contribution is -0.142. The highest BCUT2D eigenvalue weighted by atomic mass is 16.5. The fraction of sp³-hybridized carbons (Fsp3) is 0.312. The maximum atomic E-state index is 13.5. The lowest BCUT2D eigenvalue weighted by atomic mass is 9.96. The number of allylic oxidation sites excluding steroid dienone is 1. The average molecular weight is 517 g/mol. The Morgan fingerprint density at radius 2 is 1.55 bits per heavy atom. The predicted molar refractivity (Wildman–Crippen MR) is 147 cm³/mol. The van der Waals surface area contributed by atoms with E-state index < -0.39 is 12.1 Å². The first-order chi connectivity index (χ1) is 18.5. The van der Waals surface area contributed by atoms with Crippen molar-refractivity contribution < 1.29 is 28.9 Å². The molecule has 0 heterocycles. The van der Waals surface area contributed by atoms with Crippen LogP contribution in [0.25, 0.3) is 0 Å². The minimum Gasteiger partial charge on any atom is -0.489 e. The zero-order valence-electron chi connectivity index (χ0n) is 22.1. The standard InChI is InChI=1S/C32H36O6/c1-3-36-31(35)20-27-19-28(37-22-25-14-8-5-9-15-25)21-30(38-23-26-16-10-6-11-17-26)32(27)29(34)18-12-4-7-13-24(2)33/h5-11,13-17,19,21,24,33H,3-4,12,18,20,22-23H2,1-2H3/b13-7-. The summed E-state index contributed by atoms with van der Waals surface area (Å²) >= 11 is 0. The molecule has 0 spiro atoms. The molecular formula is C32H36O6. The van der Waals surface area contributed by atoms with Crippen LogP contribution in [0.4, 0.5) is 0 Å². The van der Waals surface area contributed by atoms with Gasteiger partial charge in [0.1, 0.15) is 24.7 Å². The first kappa shape index (κ1) is 28.7. The van der Waals surface area contributed by atoms with Crippen molar-refractivity contribution in [3.8, 4) is 11.5 Å². The van der Waals surface area contributed by atoms with E-state index >= 15 is 0 Å². The topological polar surface area (TPSA) is 82.1 Å². The van der Waals surface area contributed by atoms with E-state index in [2.05, 4.69) is 0 Å². The number of unbranched alkanes of at least 4 members (excludes halogenated alkanes) is 1. The Bertz CT molecular complexity index is 1190. The van der Waals surface area contributed by atoms with E-state index in [1.165, 1.54) is 0 Å². The van der Waals surface area contributed by atoms with Crippen molar-refractivity contribution in [2.45, 2.75) is 58.8 Å². The van der Waals surface area contributed by atoms with Gasteiger partial charge in [-0.05, 0) is 49.4 Å². The summed E-state index contributed by atoms with van der Waals surface area (Å²) in [4.78, 5) is 26.0. The average Bonchev–Trinajstić information content (AvgIpc) is 2.91. The van der Waals surface area contributed by atoms with Crippen molar-refractivity contribution in [2.75, 3.05) is 6.61 Å². The second-order valence-corrected chi connectivity index (χ2v) is 8.97. The predicted octanol–water partition coefficient (Wildman–Crippen LogP) is 6.24. The number of hydrogen-bond acceptors (Lipinski definition) is 6. The monoisotopic (exact) mass is 516 g/mol. The Kier molecular flexibility index (Phi) is 11.6. The maximum absolute atomic E-state index is 13.5. The number of carbonyl (C=O) groups excluding carboxylic acids is 2. The third-order valence-electron chi connectivity index (χ3n) is 5.75. The van der Waals surface area contributed by atoms with Crippen molar-refractivity contribution in [1.29, 1.82) is 0 Å². The Balaban J connectivity index is 1.92. The largest absolute Gasteiger partial charge is 0.489 e. The number of ether oxygens (including phenoxy) is 3. The van der Waals surface area contributed by atoms with Gasteiger partial charge < -0.3 is 19.3 Å². The van der Waals surface area contributed by atoms with E-state index in [1.807, 2.05) is 66.7 Å². The number of esters is 1. The molecule has 0 saturated carbocycles. The molecule has 0 aliphatic heterocycles. The summed E-state index contributed by atoms with van der Waals surface area (Å²) in [6.45, 7) is 4.28. The molecule has 1 atom stereocenters. The zero-order chi connectivity index (χ0) is 27.2. The number of benzene rings is 3. The van der Waals surface area contributed by atoms with Crippen LogP contribution >= 0.6 is 0 Å². The van der Waals surface area contributed by atoms with Gasteiger partial charge in [0.05, 0.1) is 24.7 Å². The molecule has 3 rings (SSSR count). The number of aliphatic hydroxyl groups excluding tert-OH is 1. The van der Waals surface area contributed by atoms with Crippen molar-refractivity contribution in [1.82, 2.24) is 0 Å². The number of rotatable bonds is 15. The van der Waals surface area contributed by atoms with Gasteiger partial charge in [-0.25, -0.2) is 0 Å². The maximum Gasteiger partial charge on any atom is 0.310 e. The van der Waals surface area contributed by atoms with E-state index in [9.17, 15) is 14.7 Å². The van der Waals surface area contributed by atoms with Gasteiger partial charge in [0, 0.05) is 12.5 Å². The van der Waals surface area contributed by atoms with Crippen LogP contribution in [0.3, 0.4) is 0 Å². The fourth-order valence-electron chi connectivity index (χ4n) is 3.94. The molecule has 3 aromatic rings. The van der Waals surface area contributed by atoms with Crippen LogP contribution in [0.2, 0.25) is 0 Å². The molecule has 38 heavy (non-hydrogen) atoms. The van der Waals surface area contributed by atoms with Crippen LogP contribution in [-0.4, -0.2) is 29.6 Å². The van der Waals surface area contributed by atoms with Gasteiger partial charge in [-0.3, -0.25) is 9.59 Å². The van der Waals surface area contributed by atoms with Crippen LogP contribution < -0.4 is 9.47 Å². The van der Waals surface area contributed by atoms with E-state index in [0.717, 1.165) is 11.1 Å².